The Kier molecular flexibility index (Phi) is 4.03. The third-order valence-electron chi connectivity index (χ3n) is 2.92. The Morgan fingerprint density at radius 2 is 2.10 bits per heavy atom. The summed E-state index contributed by atoms with van der Waals surface area (Å²) in [7, 11) is -2.19. The number of carboxylic acids is 1. The average Bonchev–Trinajstić information content (AvgIpc) is 2.82. The Bertz CT molecular complexity index is 782. The zero-order valence-corrected chi connectivity index (χ0v) is 12.3. The zero-order chi connectivity index (χ0) is 15.6. The molecule has 9 heteroatoms. The van der Waals surface area contributed by atoms with E-state index in [9.17, 15) is 13.2 Å². The average molecular weight is 310 g/mol. The SMILES string of the molecule is CCc1ccc(S(=O)(=O)Cc2nnn(C)n2)cc1C(=O)O. The minimum Gasteiger partial charge on any atom is -0.478 e. The van der Waals surface area contributed by atoms with Gasteiger partial charge >= 0.3 is 5.97 Å². The lowest BCUT2D eigenvalue weighted by Gasteiger charge is -2.07. The molecule has 0 radical (unpaired) electrons. The van der Waals surface area contributed by atoms with Gasteiger partial charge in [-0.05, 0) is 29.3 Å². The van der Waals surface area contributed by atoms with Gasteiger partial charge in [0.25, 0.3) is 0 Å². The third kappa shape index (κ3) is 3.24. The van der Waals surface area contributed by atoms with E-state index in [-0.39, 0.29) is 16.3 Å². The van der Waals surface area contributed by atoms with Crippen molar-refractivity contribution >= 4 is 15.8 Å². The standard InChI is InChI=1S/C12H14N4O4S/c1-3-8-4-5-9(6-10(8)12(17)18)21(19,20)7-11-13-15-16(2)14-11/h4-6H,3,7H2,1-2H3,(H,17,18). The molecule has 0 aliphatic heterocycles. The van der Waals surface area contributed by atoms with Crippen LogP contribution in [0.3, 0.4) is 0 Å². The Labute approximate surface area is 121 Å². The summed E-state index contributed by atoms with van der Waals surface area (Å²) in [6, 6.07) is 4.09. The first kappa shape index (κ1) is 15.1. The van der Waals surface area contributed by atoms with Crippen molar-refractivity contribution in [1.82, 2.24) is 20.2 Å². The molecule has 0 unspecified atom stereocenters. The van der Waals surface area contributed by atoms with Gasteiger partial charge < -0.3 is 5.11 Å². The third-order valence-corrected chi connectivity index (χ3v) is 4.53. The minimum atomic E-state index is -3.72. The van der Waals surface area contributed by atoms with Gasteiger partial charge in [0, 0.05) is 0 Å². The van der Waals surface area contributed by atoms with E-state index in [1.807, 2.05) is 0 Å². The summed E-state index contributed by atoms with van der Waals surface area (Å²) in [6.07, 6.45) is 0.508. The highest BCUT2D eigenvalue weighted by Gasteiger charge is 2.21. The molecule has 2 aromatic rings. The van der Waals surface area contributed by atoms with E-state index in [0.717, 1.165) is 4.80 Å². The topological polar surface area (TPSA) is 115 Å². The van der Waals surface area contributed by atoms with Crippen LogP contribution < -0.4 is 0 Å². The van der Waals surface area contributed by atoms with Crippen molar-refractivity contribution in [3.05, 3.63) is 35.2 Å². The smallest absolute Gasteiger partial charge is 0.336 e. The number of benzene rings is 1. The molecule has 0 aliphatic rings. The van der Waals surface area contributed by atoms with Gasteiger partial charge in [-0.2, -0.15) is 4.80 Å². The zero-order valence-electron chi connectivity index (χ0n) is 11.5. The maximum Gasteiger partial charge on any atom is 0.336 e. The number of hydrogen-bond donors (Lipinski definition) is 1. The van der Waals surface area contributed by atoms with Crippen LogP contribution in [-0.2, 0) is 29.1 Å². The van der Waals surface area contributed by atoms with E-state index < -0.39 is 21.6 Å². The molecule has 8 nitrogen and oxygen atoms in total. The van der Waals surface area contributed by atoms with Gasteiger partial charge in [0.05, 0.1) is 17.5 Å². The first-order chi connectivity index (χ1) is 9.83. The second-order valence-corrected chi connectivity index (χ2v) is 6.42. The fourth-order valence-corrected chi connectivity index (χ4v) is 3.09. The number of rotatable bonds is 5. The predicted octanol–water partition coefficient (Wildman–Crippen LogP) is 0.445. The molecule has 0 atom stereocenters. The van der Waals surface area contributed by atoms with Gasteiger partial charge in [-0.3, -0.25) is 0 Å². The molecule has 0 bridgehead atoms. The quantitative estimate of drug-likeness (QED) is 0.852. The van der Waals surface area contributed by atoms with Crippen molar-refractivity contribution in [2.24, 2.45) is 7.05 Å². The lowest BCUT2D eigenvalue weighted by Crippen LogP contribution is -2.10. The molecular weight excluding hydrogens is 296 g/mol. The second-order valence-electron chi connectivity index (χ2n) is 4.43. The fourth-order valence-electron chi connectivity index (χ4n) is 1.89. The second kappa shape index (κ2) is 5.60. The van der Waals surface area contributed by atoms with Crippen molar-refractivity contribution < 1.29 is 18.3 Å². The first-order valence-electron chi connectivity index (χ1n) is 6.15. The number of nitrogens with zero attached hydrogens (tertiary/aromatic N) is 4. The molecule has 21 heavy (non-hydrogen) atoms. The minimum absolute atomic E-state index is 0.00863. The molecular formula is C12H14N4O4S. The van der Waals surface area contributed by atoms with Gasteiger partial charge in [-0.1, -0.05) is 13.0 Å². The van der Waals surface area contributed by atoms with E-state index in [1.165, 1.54) is 25.2 Å². The Hall–Kier alpha value is -2.29. The Morgan fingerprint density at radius 1 is 1.38 bits per heavy atom. The number of sulfone groups is 1. The van der Waals surface area contributed by atoms with Crippen molar-refractivity contribution in [1.29, 1.82) is 0 Å². The van der Waals surface area contributed by atoms with Crippen LogP contribution in [0.4, 0.5) is 0 Å². The summed E-state index contributed by atoms with van der Waals surface area (Å²) in [5.41, 5.74) is 0.574. The predicted molar refractivity (Wildman–Crippen MR) is 72.5 cm³/mol. The van der Waals surface area contributed by atoms with Gasteiger partial charge in [-0.15, -0.1) is 10.2 Å². The first-order valence-corrected chi connectivity index (χ1v) is 7.80. The number of aromatic carboxylic acids is 1. The number of aromatic nitrogens is 4. The number of carbonyl (C=O) groups is 1. The highest BCUT2D eigenvalue weighted by atomic mass is 32.2. The summed E-state index contributed by atoms with van der Waals surface area (Å²) in [5, 5.41) is 20.1. The molecule has 1 aromatic carbocycles. The van der Waals surface area contributed by atoms with E-state index in [1.54, 1.807) is 6.92 Å². The van der Waals surface area contributed by atoms with Gasteiger partial charge in [0.15, 0.2) is 15.7 Å². The molecule has 1 aromatic heterocycles. The largest absolute Gasteiger partial charge is 0.478 e. The van der Waals surface area contributed by atoms with Crippen LogP contribution in [0.25, 0.3) is 0 Å². The van der Waals surface area contributed by atoms with Crippen LogP contribution in [0.2, 0.25) is 0 Å². The van der Waals surface area contributed by atoms with Crippen LogP contribution >= 0.6 is 0 Å². The maximum atomic E-state index is 12.3. The summed E-state index contributed by atoms with van der Waals surface area (Å²) in [4.78, 5) is 12.3. The molecule has 0 fully saturated rings. The number of hydrogen-bond acceptors (Lipinski definition) is 6. The lowest BCUT2D eigenvalue weighted by molar-refractivity contribution is 0.0695. The van der Waals surface area contributed by atoms with Crippen molar-refractivity contribution in [2.75, 3.05) is 0 Å². The van der Waals surface area contributed by atoms with E-state index in [4.69, 9.17) is 5.11 Å². The Balaban J connectivity index is 2.40. The van der Waals surface area contributed by atoms with Crippen LogP contribution in [0, 0.1) is 0 Å². The van der Waals surface area contributed by atoms with E-state index in [0.29, 0.717) is 12.0 Å². The van der Waals surface area contributed by atoms with Crippen LogP contribution in [0.5, 0.6) is 0 Å². The highest BCUT2D eigenvalue weighted by Crippen LogP contribution is 2.19. The van der Waals surface area contributed by atoms with Gasteiger partial charge in [-0.25, -0.2) is 13.2 Å². The van der Waals surface area contributed by atoms with Crippen LogP contribution in [-0.4, -0.2) is 39.7 Å². The molecule has 2 rings (SSSR count). The van der Waals surface area contributed by atoms with Crippen LogP contribution in [0.15, 0.2) is 23.1 Å². The van der Waals surface area contributed by atoms with Gasteiger partial charge in [0.2, 0.25) is 0 Å². The molecule has 0 saturated heterocycles. The molecule has 1 heterocycles. The van der Waals surface area contributed by atoms with Crippen molar-refractivity contribution in [3.63, 3.8) is 0 Å². The molecule has 0 amide bonds. The number of carboxylic acid groups (broad SMARTS) is 1. The monoisotopic (exact) mass is 310 g/mol. The van der Waals surface area contributed by atoms with Crippen molar-refractivity contribution in [3.8, 4) is 0 Å². The van der Waals surface area contributed by atoms with Gasteiger partial charge in [0.1, 0.15) is 5.75 Å². The van der Waals surface area contributed by atoms with Crippen LogP contribution in [0.1, 0.15) is 28.7 Å². The molecule has 0 spiro atoms. The summed E-state index contributed by atoms with van der Waals surface area (Å²) >= 11 is 0. The van der Waals surface area contributed by atoms with E-state index >= 15 is 0 Å². The van der Waals surface area contributed by atoms with Crippen molar-refractivity contribution in [2.45, 2.75) is 24.0 Å². The normalized spacial score (nSPS) is 11.5. The number of tetrazole rings is 1. The fraction of sp³-hybridized carbons (Fsp3) is 0.333. The summed E-state index contributed by atoms with van der Waals surface area (Å²) in [6.45, 7) is 1.80. The maximum absolute atomic E-state index is 12.3. The molecule has 1 N–H and O–H groups in total. The van der Waals surface area contributed by atoms with E-state index in [2.05, 4.69) is 15.4 Å². The molecule has 112 valence electrons. The summed E-state index contributed by atoms with van der Waals surface area (Å²) in [5.74, 6) is -1.51. The molecule has 0 aliphatic carbocycles. The number of aryl methyl sites for hydroxylation is 2. The lowest BCUT2D eigenvalue weighted by atomic mass is 10.1. The highest BCUT2D eigenvalue weighted by molar-refractivity contribution is 7.90. The Morgan fingerprint density at radius 3 is 2.62 bits per heavy atom. The molecule has 0 saturated carbocycles. The summed E-state index contributed by atoms with van der Waals surface area (Å²) < 4.78 is 24.6.